The number of hydrogen-bond donors (Lipinski definition) is 0. The van der Waals surface area contributed by atoms with Gasteiger partial charge in [-0.3, -0.25) is 0 Å². The van der Waals surface area contributed by atoms with E-state index in [9.17, 15) is 9.18 Å². The lowest BCUT2D eigenvalue weighted by Crippen LogP contribution is -1.97. The third-order valence-electron chi connectivity index (χ3n) is 1.41. The number of carbonyl (C=O) groups excluding carboxylic acids is 1. The highest BCUT2D eigenvalue weighted by Crippen LogP contribution is 2.00. The molecular weight excluding hydrogens is 171 g/mol. The Kier molecular flexibility index (Phi) is 3.70. The minimum absolute atomic E-state index is 0.675. The van der Waals surface area contributed by atoms with E-state index in [1.807, 2.05) is 30.3 Å². The second kappa shape index (κ2) is 5.09. The summed E-state index contributed by atoms with van der Waals surface area (Å²) in [7, 11) is 0. The number of esters is 1. The van der Waals surface area contributed by atoms with Crippen LogP contribution in [0.5, 0.6) is 0 Å². The molecule has 0 aromatic heterocycles. The molecule has 1 aromatic carbocycles. The average molecular weight is 180 g/mol. The number of carbonyl (C=O) groups is 1. The molecule has 0 atom stereocenters. The first-order chi connectivity index (χ1) is 6.33. The van der Waals surface area contributed by atoms with Crippen LogP contribution in [0, 0.1) is 0 Å². The summed E-state index contributed by atoms with van der Waals surface area (Å²) in [5.41, 5.74) is 0.873. The van der Waals surface area contributed by atoms with E-state index in [4.69, 9.17) is 0 Å². The Bertz CT molecular complexity index is 293. The van der Waals surface area contributed by atoms with Gasteiger partial charge in [0, 0.05) is 6.08 Å². The van der Waals surface area contributed by atoms with Gasteiger partial charge in [-0.1, -0.05) is 30.3 Å². The summed E-state index contributed by atoms with van der Waals surface area (Å²) in [5.74, 6) is -0.675. The van der Waals surface area contributed by atoms with Crippen LogP contribution in [0.4, 0.5) is 4.39 Å². The SMILES string of the molecule is O=C(/C=C/c1ccccc1)OCF. The predicted octanol–water partition coefficient (Wildman–Crippen LogP) is 2.17. The van der Waals surface area contributed by atoms with Gasteiger partial charge in [0.2, 0.25) is 6.86 Å². The maximum Gasteiger partial charge on any atom is 0.333 e. The topological polar surface area (TPSA) is 26.3 Å². The molecule has 2 nitrogen and oxygen atoms in total. The molecule has 0 bridgehead atoms. The third kappa shape index (κ3) is 3.51. The summed E-state index contributed by atoms with van der Waals surface area (Å²) in [6.07, 6.45) is 2.76. The standard InChI is InChI=1S/C10H9FO2/c11-8-13-10(12)7-6-9-4-2-1-3-5-9/h1-7H,8H2/b7-6+. The fourth-order valence-electron chi connectivity index (χ4n) is 0.830. The van der Waals surface area contributed by atoms with Crippen molar-refractivity contribution in [2.24, 2.45) is 0 Å². The van der Waals surface area contributed by atoms with Crippen molar-refractivity contribution >= 4 is 12.0 Å². The number of hydrogen-bond acceptors (Lipinski definition) is 2. The van der Waals surface area contributed by atoms with Gasteiger partial charge in [0.1, 0.15) is 0 Å². The normalized spacial score (nSPS) is 10.2. The number of halogens is 1. The van der Waals surface area contributed by atoms with Crippen molar-refractivity contribution in [3.63, 3.8) is 0 Å². The van der Waals surface area contributed by atoms with E-state index in [-0.39, 0.29) is 0 Å². The molecule has 0 aliphatic heterocycles. The summed E-state index contributed by atoms with van der Waals surface area (Å²) in [5, 5.41) is 0. The van der Waals surface area contributed by atoms with Crippen LogP contribution in [0.25, 0.3) is 6.08 Å². The molecule has 0 radical (unpaired) electrons. The summed E-state index contributed by atoms with van der Waals surface area (Å²) < 4.78 is 15.6. The van der Waals surface area contributed by atoms with E-state index in [1.165, 1.54) is 6.08 Å². The largest absolute Gasteiger partial charge is 0.431 e. The second-order valence-electron chi connectivity index (χ2n) is 2.32. The monoisotopic (exact) mass is 180 g/mol. The highest BCUT2D eigenvalue weighted by Gasteiger charge is 1.93. The van der Waals surface area contributed by atoms with E-state index >= 15 is 0 Å². The maximum absolute atomic E-state index is 11.5. The summed E-state index contributed by atoms with van der Waals surface area (Å²) in [6.45, 7) is -1.09. The average Bonchev–Trinajstić information content (AvgIpc) is 2.17. The number of benzene rings is 1. The predicted molar refractivity (Wildman–Crippen MR) is 47.5 cm³/mol. The van der Waals surface area contributed by atoms with Gasteiger partial charge in [0.05, 0.1) is 0 Å². The van der Waals surface area contributed by atoms with Crippen molar-refractivity contribution in [2.45, 2.75) is 0 Å². The van der Waals surface area contributed by atoms with Crippen molar-refractivity contribution < 1.29 is 13.9 Å². The van der Waals surface area contributed by atoms with Crippen molar-refractivity contribution in [3.8, 4) is 0 Å². The highest BCUT2D eigenvalue weighted by atomic mass is 19.1. The molecule has 0 saturated carbocycles. The fourth-order valence-corrected chi connectivity index (χ4v) is 0.830. The van der Waals surface area contributed by atoms with Gasteiger partial charge < -0.3 is 4.74 Å². The first-order valence-corrected chi connectivity index (χ1v) is 3.79. The van der Waals surface area contributed by atoms with Gasteiger partial charge in [-0.15, -0.1) is 0 Å². The molecule has 0 fully saturated rings. The minimum atomic E-state index is -1.09. The summed E-state index contributed by atoms with van der Waals surface area (Å²) in [6, 6.07) is 9.23. The zero-order chi connectivity index (χ0) is 9.52. The Balaban J connectivity index is 2.54. The molecule has 0 aliphatic carbocycles. The Morgan fingerprint density at radius 2 is 2.08 bits per heavy atom. The van der Waals surface area contributed by atoms with E-state index in [0.717, 1.165) is 5.56 Å². The highest BCUT2D eigenvalue weighted by molar-refractivity contribution is 5.86. The quantitative estimate of drug-likeness (QED) is 0.526. The lowest BCUT2D eigenvalue weighted by Gasteiger charge is -1.92. The minimum Gasteiger partial charge on any atom is -0.431 e. The summed E-state index contributed by atoms with van der Waals surface area (Å²) >= 11 is 0. The van der Waals surface area contributed by atoms with Gasteiger partial charge in [0.15, 0.2) is 0 Å². The molecule has 3 heteroatoms. The maximum atomic E-state index is 11.5. The van der Waals surface area contributed by atoms with E-state index in [1.54, 1.807) is 6.08 Å². The second-order valence-corrected chi connectivity index (χ2v) is 2.32. The van der Waals surface area contributed by atoms with Crippen LogP contribution >= 0.6 is 0 Å². The molecule has 0 unspecified atom stereocenters. The molecule has 1 aromatic rings. The van der Waals surface area contributed by atoms with Crippen LogP contribution in [-0.2, 0) is 9.53 Å². The molecule has 1 rings (SSSR count). The van der Waals surface area contributed by atoms with E-state index in [2.05, 4.69) is 4.74 Å². The van der Waals surface area contributed by atoms with Crippen LogP contribution in [-0.4, -0.2) is 12.8 Å². The van der Waals surface area contributed by atoms with Crippen molar-refractivity contribution in [1.29, 1.82) is 0 Å². The Hall–Kier alpha value is -1.64. The van der Waals surface area contributed by atoms with Crippen molar-refractivity contribution in [3.05, 3.63) is 42.0 Å². The smallest absolute Gasteiger partial charge is 0.333 e. The lowest BCUT2D eigenvalue weighted by molar-refractivity contribution is -0.141. The molecule has 0 amide bonds. The molecule has 0 spiro atoms. The van der Waals surface area contributed by atoms with Gasteiger partial charge in [-0.05, 0) is 11.6 Å². The van der Waals surface area contributed by atoms with Crippen LogP contribution in [0.15, 0.2) is 36.4 Å². The Labute approximate surface area is 75.6 Å². The van der Waals surface area contributed by atoms with Crippen LogP contribution < -0.4 is 0 Å². The van der Waals surface area contributed by atoms with Gasteiger partial charge in [-0.2, -0.15) is 0 Å². The summed E-state index contributed by atoms with van der Waals surface area (Å²) in [4.78, 5) is 10.7. The van der Waals surface area contributed by atoms with Gasteiger partial charge in [0.25, 0.3) is 0 Å². The number of alkyl halides is 1. The molecule has 0 heterocycles. The van der Waals surface area contributed by atoms with Gasteiger partial charge >= 0.3 is 5.97 Å². The molecule has 0 N–H and O–H groups in total. The molecule has 13 heavy (non-hydrogen) atoms. The van der Waals surface area contributed by atoms with Crippen LogP contribution in [0.3, 0.4) is 0 Å². The van der Waals surface area contributed by atoms with E-state index in [0.29, 0.717) is 0 Å². The lowest BCUT2D eigenvalue weighted by atomic mass is 10.2. The molecule has 0 saturated heterocycles. The fraction of sp³-hybridized carbons (Fsp3) is 0.100. The first kappa shape index (κ1) is 9.45. The molecule has 0 aliphatic rings. The molecule has 68 valence electrons. The van der Waals surface area contributed by atoms with E-state index < -0.39 is 12.8 Å². The van der Waals surface area contributed by atoms with Gasteiger partial charge in [-0.25, -0.2) is 9.18 Å². The van der Waals surface area contributed by atoms with Crippen molar-refractivity contribution in [2.75, 3.05) is 6.86 Å². The number of ether oxygens (including phenoxy) is 1. The van der Waals surface area contributed by atoms with Crippen LogP contribution in [0.1, 0.15) is 5.56 Å². The van der Waals surface area contributed by atoms with Crippen LogP contribution in [0.2, 0.25) is 0 Å². The first-order valence-electron chi connectivity index (χ1n) is 3.79. The zero-order valence-electron chi connectivity index (χ0n) is 6.94. The third-order valence-corrected chi connectivity index (χ3v) is 1.41. The van der Waals surface area contributed by atoms with Crippen molar-refractivity contribution in [1.82, 2.24) is 0 Å². The zero-order valence-corrected chi connectivity index (χ0v) is 6.94. The number of rotatable bonds is 3. The molecular formula is C10H9FO2. The Morgan fingerprint density at radius 1 is 1.38 bits per heavy atom. The Morgan fingerprint density at radius 3 is 2.69 bits per heavy atom.